The van der Waals surface area contributed by atoms with Crippen molar-refractivity contribution >= 4 is 17.7 Å². The van der Waals surface area contributed by atoms with Gasteiger partial charge in [-0.15, -0.1) is 0 Å². The Kier molecular flexibility index (Phi) is 6.83. The third-order valence-electron chi connectivity index (χ3n) is 7.89. The van der Waals surface area contributed by atoms with Crippen molar-refractivity contribution in [1.29, 1.82) is 0 Å². The Morgan fingerprint density at radius 2 is 2.00 bits per heavy atom. The van der Waals surface area contributed by atoms with Gasteiger partial charge < -0.3 is 9.47 Å². The fourth-order valence-electron chi connectivity index (χ4n) is 6.37. The second-order valence-electron chi connectivity index (χ2n) is 10.8. The van der Waals surface area contributed by atoms with Crippen LogP contribution >= 0.6 is 11.8 Å². The molecule has 2 aromatic rings. The van der Waals surface area contributed by atoms with E-state index in [0.717, 1.165) is 61.8 Å². The van der Waals surface area contributed by atoms with Crippen LogP contribution in [0.3, 0.4) is 0 Å². The average Bonchev–Trinajstić information content (AvgIpc) is 2.82. The van der Waals surface area contributed by atoms with Crippen LogP contribution < -0.4 is 5.56 Å². The maximum absolute atomic E-state index is 14.6. The summed E-state index contributed by atoms with van der Waals surface area (Å²) in [6.07, 6.45) is 7.98. The van der Waals surface area contributed by atoms with Crippen LogP contribution in [0.5, 0.6) is 0 Å². The lowest BCUT2D eigenvalue weighted by atomic mass is 9.62. The molecule has 5 rings (SSSR count). The zero-order chi connectivity index (χ0) is 24.6. The van der Waals surface area contributed by atoms with E-state index in [1.54, 1.807) is 6.92 Å². The van der Waals surface area contributed by atoms with Crippen molar-refractivity contribution in [2.24, 2.45) is 0 Å². The Morgan fingerprint density at radius 3 is 2.74 bits per heavy atom. The molecular formula is C28H36N2O4S. The number of hydrogen-bond acceptors (Lipinski definition) is 6. The molecule has 0 unspecified atom stereocenters. The first kappa shape index (κ1) is 24.6. The highest BCUT2D eigenvalue weighted by Gasteiger charge is 2.44. The van der Waals surface area contributed by atoms with Crippen molar-refractivity contribution in [2.75, 3.05) is 19.0 Å². The van der Waals surface area contributed by atoms with Crippen LogP contribution in [0.4, 0.5) is 0 Å². The molecular weight excluding hydrogens is 460 g/mol. The van der Waals surface area contributed by atoms with Gasteiger partial charge in [0.05, 0.1) is 29.2 Å². The lowest BCUT2D eigenvalue weighted by Crippen LogP contribution is -2.45. The summed E-state index contributed by atoms with van der Waals surface area (Å²) >= 11 is 1.32. The molecule has 2 fully saturated rings. The van der Waals surface area contributed by atoms with Crippen LogP contribution in [0, 0.1) is 0 Å². The Morgan fingerprint density at radius 1 is 1.23 bits per heavy atom. The number of nitrogens with zero attached hydrogens (tertiary/aromatic N) is 2. The number of benzene rings is 1. The maximum atomic E-state index is 14.6. The van der Waals surface area contributed by atoms with Gasteiger partial charge in [-0.25, -0.2) is 4.98 Å². The largest absolute Gasteiger partial charge is 0.465 e. The van der Waals surface area contributed by atoms with Gasteiger partial charge in [0.1, 0.15) is 0 Å². The molecule has 35 heavy (non-hydrogen) atoms. The Balaban J connectivity index is 1.70. The van der Waals surface area contributed by atoms with Crippen LogP contribution in [-0.2, 0) is 26.1 Å². The van der Waals surface area contributed by atoms with E-state index >= 15 is 0 Å². The van der Waals surface area contributed by atoms with Crippen molar-refractivity contribution in [2.45, 2.75) is 94.4 Å². The number of rotatable bonds is 5. The highest BCUT2D eigenvalue weighted by atomic mass is 32.2. The minimum atomic E-state index is -0.309. The van der Waals surface area contributed by atoms with E-state index in [-0.39, 0.29) is 34.3 Å². The van der Waals surface area contributed by atoms with E-state index in [0.29, 0.717) is 18.4 Å². The highest BCUT2D eigenvalue weighted by molar-refractivity contribution is 7.99. The minimum absolute atomic E-state index is 0.00782. The molecule has 1 aliphatic heterocycles. The predicted octanol–water partition coefficient (Wildman–Crippen LogP) is 5.45. The summed E-state index contributed by atoms with van der Waals surface area (Å²) in [4.78, 5) is 32.0. The lowest BCUT2D eigenvalue weighted by molar-refractivity contribution is -0.139. The van der Waals surface area contributed by atoms with Gasteiger partial charge >= 0.3 is 5.97 Å². The van der Waals surface area contributed by atoms with E-state index in [4.69, 9.17) is 14.5 Å². The second-order valence-corrected chi connectivity index (χ2v) is 11.8. The van der Waals surface area contributed by atoms with Crippen molar-refractivity contribution in [3.63, 3.8) is 0 Å². The van der Waals surface area contributed by atoms with E-state index < -0.39 is 0 Å². The number of carbonyl (C=O) groups excluding carboxylic acids is 1. The Bertz CT molecular complexity index is 1170. The second kappa shape index (κ2) is 9.74. The fourth-order valence-corrected chi connectivity index (χ4v) is 7.23. The number of carbonyl (C=O) groups is 1. The van der Waals surface area contributed by atoms with Gasteiger partial charge in [0, 0.05) is 23.6 Å². The SMILES string of the molecule is CCOC(=O)CSc1nc2c(c(=O)n1[C@H]1CCOC(C)(C)C1)C1(CCCCC1)Cc1ccccc1-2. The van der Waals surface area contributed by atoms with Crippen molar-refractivity contribution < 1.29 is 14.3 Å². The quantitative estimate of drug-likeness (QED) is 0.311. The molecule has 1 spiro atoms. The molecule has 7 heteroatoms. The number of esters is 1. The third-order valence-corrected chi connectivity index (χ3v) is 8.81. The Hall–Kier alpha value is -2.12. The molecule has 0 bridgehead atoms. The van der Waals surface area contributed by atoms with Gasteiger partial charge in [0.15, 0.2) is 5.16 Å². The average molecular weight is 497 g/mol. The molecule has 0 radical (unpaired) electrons. The van der Waals surface area contributed by atoms with Crippen LogP contribution in [0.15, 0.2) is 34.2 Å². The summed E-state index contributed by atoms with van der Waals surface area (Å²) < 4.78 is 13.1. The standard InChI is InChI=1S/C28H36N2O4S/c1-4-33-22(31)18-35-26-29-24-21-11-7-6-10-19(21)16-28(13-8-5-9-14-28)23(24)25(32)30(26)20-12-15-34-27(2,3)17-20/h6-7,10-11,20H,4-5,8-9,12-18H2,1-3H3/t20-/m0/s1. The van der Waals surface area contributed by atoms with Gasteiger partial charge in [-0.3, -0.25) is 14.2 Å². The number of fused-ring (bicyclic) bond motifs is 4. The highest BCUT2D eigenvalue weighted by Crippen LogP contribution is 2.49. The molecule has 1 saturated heterocycles. The molecule has 1 aromatic carbocycles. The molecule has 6 nitrogen and oxygen atoms in total. The molecule has 0 N–H and O–H groups in total. The van der Waals surface area contributed by atoms with Crippen molar-refractivity contribution in [3.8, 4) is 11.3 Å². The monoisotopic (exact) mass is 496 g/mol. The summed E-state index contributed by atoms with van der Waals surface area (Å²) in [6, 6.07) is 8.39. The molecule has 1 saturated carbocycles. The fraction of sp³-hybridized carbons (Fsp3) is 0.607. The van der Waals surface area contributed by atoms with Crippen molar-refractivity contribution in [3.05, 3.63) is 45.7 Å². The van der Waals surface area contributed by atoms with Crippen LogP contribution in [0.25, 0.3) is 11.3 Å². The van der Waals surface area contributed by atoms with Crippen LogP contribution in [0.1, 0.15) is 82.9 Å². The first-order valence-electron chi connectivity index (χ1n) is 13.0. The van der Waals surface area contributed by atoms with Gasteiger partial charge in [-0.05, 0) is 58.4 Å². The maximum Gasteiger partial charge on any atom is 0.316 e. The molecule has 188 valence electrons. The minimum Gasteiger partial charge on any atom is -0.465 e. The lowest BCUT2D eigenvalue weighted by Gasteiger charge is -2.43. The summed E-state index contributed by atoms with van der Waals surface area (Å²) in [6.45, 7) is 6.92. The zero-order valence-electron chi connectivity index (χ0n) is 21.1. The Labute approximate surface area is 211 Å². The molecule has 3 aliphatic rings. The van der Waals surface area contributed by atoms with Gasteiger partial charge in [0.2, 0.25) is 0 Å². The molecule has 0 amide bonds. The van der Waals surface area contributed by atoms with E-state index in [2.05, 4.69) is 32.0 Å². The van der Waals surface area contributed by atoms with E-state index in [1.165, 1.54) is 23.7 Å². The topological polar surface area (TPSA) is 70.4 Å². The van der Waals surface area contributed by atoms with E-state index in [1.807, 2.05) is 10.6 Å². The number of ether oxygens (including phenoxy) is 2. The molecule has 1 aromatic heterocycles. The zero-order valence-corrected chi connectivity index (χ0v) is 21.9. The summed E-state index contributed by atoms with van der Waals surface area (Å²) in [5, 5.41) is 0.618. The van der Waals surface area contributed by atoms with Gasteiger partial charge in [-0.1, -0.05) is 55.3 Å². The van der Waals surface area contributed by atoms with Crippen LogP contribution in [0.2, 0.25) is 0 Å². The first-order chi connectivity index (χ1) is 16.8. The molecule has 2 heterocycles. The molecule has 2 aliphatic carbocycles. The number of aromatic nitrogens is 2. The van der Waals surface area contributed by atoms with E-state index in [9.17, 15) is 9.59 Å². The first-order valence-corrected chi connectivity index (χ1v) is 14.0. The third kappa shape index (κ3) is 4.69. The van der Waals surface area contributed by atoms with Crippen LogP contribution in [-0.4, -0.2) is 40.1 Å². The van der Waals surface area contributed by atoms with Gasteiger partial charge in [0.25, 0.3) is 5.56 Å². The van der Waals surface area contributed by atoms with Crippen molar-refractivity contribution in [1.82, 2.24) is 9.55 Å². The summed E-state index contributed by atoms with van der Waals surface area (Å²) in [5.74, 6) is -0.147. The summed E-state index contributed by atoms with van der Waals surface area (Å²) in [5.41, 5.74) is 3.69. The molecule has 1 atom stereocenters. The predicted molar refractivity (Wildman–Crippen MR) is 138 cm³/mol. The number of thioether (sulfide) groups is 1. The summed E-state index contributed by atoms with van der Waals surface area (Å²) in [7, 11) is 0. The van der Waals surface area contributed by atoms with Gasteiger partial charge in [-0.2, -0.15) is 0 Å². The normalized spacial score (nSPS) is 22.3. The smallest absolute Gasteiger partial charge is 0.316 e. The number of hydrogen-bond donors (Lipinski definition) is 0.